The molecule has 1 aliphatic carbocycles. The third-order valence-electron chi connectivity index (χ3n) is 5.79. The van der Waals surface area contributed by atoms with Gasteiger partial charge in [-0.05, 0) is 57.5 Å². The van der Waals surface area contributed by atoms with E-state index >= 15 is 0 Å². The van der Waals surface area contributed by atoms with E-state index < -0.39 is 41.7 Å². The number of carbonyl (C=O) groups excluding carboxylic acids is 3. The van der Waals surface area contributed by atoms with Gasteiger partial charge in [0.05, 0.1) is 5.56 Å². The summed E-state index contributed by atoms with van der Waals surface area (Å²) in [5.74, 6) is -0.859. The summed E-state index contributed by atoms with van der Waals surface area (Å²) in [6, 6.07) is 4.18. The van der Waals surface area contributed by atoms with Gasteiger partial charge in [0.25, 0.3) is 5.91 Å². The molecule has 1 aromatic carbocycles. The van der Waals surface area contributed by atoms with Crippen LogP contribution in [0.5, 0.6) is 0 Å². The van der Waals surface area contributed by atoms with Crippen molar-refractivity contribution in [3.8, 4) is 0 Å². The second-order valence-electron chi connectivity index (χ2n) is 8.61. The van der Waals surface area contributed by atoms with Crippen LogP contribution in [-0.2, 0) is 22.3 Å². The van der Waals surface area contributed by atoms with Crippen LogP contribution in [0.25, 0.3) is 0 Å². The summed E-state index contributed by atoms with van der Waals surface area (Å²) in [7, 11) is 3.62. The lowest BCUT2D eigenvalue weighted by atomic mass is 9.96. The fourth-order valence-electron chi connectivity index (χ4n) is 3.71. The Kier molecular flexibility index (Phi) is 6.31. The predicted octanol–water partition coefficient (Wildman–Crippen LogP) is 2.32. The normalized spacial score (nSPS) is 21.6. The molecule has 1 heterocycles. The number of hydrogen-bond acceptors (Lipinski definition) is 4. The summed E-state index contributed by atoms with van der Waals surface area (Å²) in [6.45, 7) is 1.89. The molecule has 7 nitrogen and oxygen atoms in total. The Morgan fingerprint density at radius 1 is 1.23 bits per heavy atom. The average molecular weight is 440 g/mol. The van der Waals surface area contributed by atoms with Gasteiger partial charge in [-0.1, -0.05) is 12.1 Å². The van der Waals surface area contributed by atoms with Gasteiger partial charge in [0, 0.05) is 19.6 Å². The second-order valence-corrected chi connectivity index (χ2v) is 8.61. The number of nitrogens with zero attached hydrogens (tertiary/aromatic N) is 3. The van der Waals surface area contributed by atoms with E-state index in [0.717, 1.165) is 29.9 Å². The highest BCUT2D eigenvalue weighted by atomic mass is 19.4. The Balaban J connectivity index is 1.75. The fraction of sp³-hybridized carbons (Fsp3) is 0.571. The van der Waals surface area contributed by atoms with Crippen LogP contribution < -0.4 is 5.32 Å². The van der Waals surface area contributed by atoms with Gasteiger partial charge in [-0.3, -0.25) is 14.5 Å². The Bertz CT molecular complexity index is 870. The molecule has 1 saturated heterocycles. The molecule has 2 aliphatic rings. The number of carbonyl (C=O) groups is 3. The van der Waals surface area contributed by atoms with Crippen molar-refractivity contribution >= 4 is 17.8 Å². The number of likely N-dealkylation sites (N-methyl/N-ethyl adjacent to an activating group) is 1. The summed E-state index contributed by atoms with van der Waals surface area (Å²) in [5, 5.41) is 2.69. The highest BCUT2D eigenvalue weighted by Crippen LogP contribution is 2.42. The second kappa shape index (κ2) is 8.49. The van der Waals surface area contributed by atoms with E-state index in [2.05, 4.69) is 5.32 Å². The molecular formula is C21H27F3N4O3. The highest BCUT2D eigenvalue weighted by Gasteiger charge is 2.56. The topological polar surface area (TPSA) is 73.0 Å². The van der Waals surface area contributed by atoms with Gasteiger partial charge in [-0.2, -0.15) is 13.2 Å². The largest absolute Gasteiger partial charge is 0.416 e. The van der Waals surface area contributed by atoms with E-state index in [1.807, 2.05) is 19.0 Å². The number of nitrogens with one attached hydrogen (secondary N) is 1. The van der Waals surface area contributed by atoms with Gasteiger partial charge in [0.2, 0.25) is 5.91 Å². The zero-order chi connectivity index (χ0) is 23.0. The lowest BCUT2D eigenvalue weighted by molar-refractivity contribution is -0.139. The third kappa shape index (κ3) is 5.17. The molecule has 1 unspecified atom stereocenters. The first-order valence-corrected chi connectivity index (χ1v) is 10.1. The van der Waals surface area contributed by atoms with E-state index in [1.165, 1.54) is 17.0 Å². The van der Waals surface area contributed by atoms with E-state index in [-0.39, 0.29) is 19.0 Å². The van der Waals surface area contributed by atoms with E-state index in [0.29, 0.717) is 12.1 Å². The molecular weight excluding hydrogens is 413 g/mol. The summed E-state index contributed by atoms with van der Waals surface area (Å²) >= 11 is 0. The minimum atomic E-state index is -4.48. The van der Waals surface area contributed by atoms with Gasteiger partial charge in [-0.25, -0.2) is 4.79 Å². The number of alkyl halides is 3. The lowest BCUT2D eigenvalue weighted by Crippen LogP contribution is -2.47. The first-order valence-electron chi connectivity index (χ1n) is 10.1. The van der Waals surface area contributed by atoms with Crippen LogP contribution in [0.3, 0.4) is 0 Å². The molecule has 10 heteroatoms. The van der Waals surface area contributed by atoms with Crippen molar-refractivity contribution in [3.05, 3.63) is 35.4 Å². The number of imide groups is 1. The SMILES string of the molecule is CN(C)CCN(Cc1cccc(C(F)(F)F)c1)C(=O)CN1C(=O)NC(C)(C2CC2)C1=O. The van der Waals surface area contributed by atoms with Crippen LogP contribution in [0.4, 0.5) is 18.0 Å². The van der Waals surface area contributed by atoms with Gasteiger partial charge in [-0.15, -0.1) is 0 Å². The van der Waals surface area contributed by atoms with E-state index in [1.54, 1.807) is 6.92 Å². The van der Waals surface area contributed by atoms with E-state index in [9.17, 15) is 27.6 Å². The zero-order valence-electron chi connectivity index (χ0n) is 17.8. The average Bonchev–Trinajstić information content (AvgIpc) is 3.50. The minimum Gasteiger partial charge on any atom is -0.336 e. The van der Waals surface area contributed by atoms with Crippen molar-refractivity contribution in [3.63, 3.8) is 0 Å². The van der Waals surface area contributed by atoms with Crippen LogP contribution in [0.1, 0.15) is 30.9 Å². The number of amides is 4. The molecule has 1 saturated carbocycles. The monoisotopic (exact) mass is 440 g/mol. The van der Waals surface area contributed by atoms with Gasteiger partial charge in [0.15, 0.2) is 0 Å². The lowest BCUT2D eigenvalue weighted by Gasteiger charge is -2.27. The van der Waals surface area contributed by atoms with E-state index in [4.69, 9.17) is 0 Å². The fourth-order valence-corrected chi connectivity index (χ4v) is 3.71. The van der Waals surface area contributed by atoms with Crippen LogP contribution in [-0.4, -0.2) is 71.8 Å². The maximum Gasteiger partial charge on any atom is 0.416 e. The molecule has 0 aromatic heterocycles. The molecule has 1 N–H and O–H groups in total. The molecule has 1 aliphatic heterocycles. The molecule has 3 rings (SSSR count). The van der Waals surface area contributed by atoms with Gasteiger partial charge < -0.3 is 15.1 Å². The Morgan fingerprint density at radius 2 is 1.90 bits per heavy atom. The summed E-state index contributed by atoms with van der Waals surface area (Å²) < 4.78 is 39.1. The van der Waals surface area contributed by atoms with Crippen molar-refractivity contribution in [2.45, 2.75) is 38.0 Å². The molecule has 31 heavy (non-hydrogen) atoms. The smallest absolute Gasteiger partial charge is 0.336 e. The quantitative estimate of drug-likeness (QED) is 0.630. The Morgan fingerprint density at radius 3 is 2.48 bits per heavy atom. The standard InChI is InChI=1S/C21H27F3N4O3/c1-20(15-7-8-15)18(30)28(19(31)25-20)13-17(29)27(10-9-26(2)3)12-14-5-4-6-16(11-14)21(22,23)24/h4-6,11,15H,7-10,12-13H2,1-3H3,(H,25,31). The van der Waals surface area contributed by atoms with Crippen LogP contribution in [0, 0.1) is 5.92 Å². The molecule has 0 bridgehead atoms. The maximum atomic E-state index is 13.0. The molecule has 170 valence electrons. The number of urea groups is 1. The zero-order valence-corrected chi connectivity index (χ0v) is 17.8. The molecule has 2 fully saturated rings. The molecule has 4 amide bonds. The van der Waals surface area contributed by atoms with Crippen molar-refractivity contribution in [1.82, 2.24) is 20.0 Å². The van der Waals surface area contributed by atoms with Crippen molar-refractivity contribution in [1.29, 1.82) is 0 Å². The van der Waals surface area contributed by atoms with Crippen LogP contribution in [0.15, 0.2) is 24.3 Å². The van der Waals surface area contributed by atoms with Gasteiger partial charge in [0.1, 0.15) is 12.1 Å². The Labute approximate surface area is 179 Å². The molecule has 1 atom stereocenters. The first kappa shape index (κ1) is 23.1. The van der Waals surface area contributed by atoms with Crippen molar-refractivity contribution in [2.24, 2.45) is 5.92 Å². The summed E-state index contributed by atoms with van der Waals surface area (Å²) in [5.41, 5.74) is -1.46. The first-order chi connectivity index (χ1) is 14.4. The number of benzene rings is 1. The number of rotatable bonds is 8. The van der Waals surface area contributed by atoms with Crippen molar-refractivity contribution in [2.75, 3.05) is 33.7 Å². The number of halogens is 3. The Hall–Kier alpha value is -2.62. The molecule has 0 spiro atoms. The molecule has 1 aromatic rings. The summed E-state index contributed by atoms with van der Waals surface area (Å²) in [4.78, 5) is 42.3. The van der Waals surface area contributed by atoms with Crippen molar-refractivity contribution < 1.29 is 27.6 Å². The van der Waals surface area contributed by atoms with Crippen LogP contribution >= 0.6 is 0 Å². The summed E-state index contributed by atoms with van der Waals surface area (Å²) in [6.07, 6.45) is -2.80. The number of hydrogen-bond donors (Lipinski definition) is 1. The van der Waals surface area contributed by atoms with Gasteiger partial charge >= 0.3 is 12.2 Å². The maximum absolute atomic E-state index is 13.0. The minimum absolute atomic E-state index is 0.0554. The third-order valence-corrected chi connectivity index (χ3v) is 5.79. The van der Waals surface area contributed by atoms with Crippen LogP contribution in [0.2, 0.25) is 0 Å². The highest BCUT2D eigenvalue weighted by molar-refractivity contribution is 6.09. The molecule has 0 radical (unpaired) electrons. The predicted molar refractivity (Wildman–Crippen MR) is 107 cm³/mol.